The van der Waals surface area contributed by atoms with Gasteiger partial charge in [-0.3, -0.25) is 9.59 Å². The highest BCUT2D eigenvalue weighted by Gasteiger charge is 2.37. The molecular formula is C13H18N4O4. The van der Waals surface area contributed by atoms with Crippen molar-refractivity contribution in [1.29, 1.82) is 0 Å². The van der Waals surface area contributed by atoms with Crippen LogP contribution in [0.15, 0.2) is 12.1 Å². The highest BCUT2D eigenvalue weighted by Crippen LogP contribution is 2.22. The number of nitrogens with one attached hydrogen (secondary N) is 1. The van der Waals surface area contributed by atoms with Gasteiger partial charge in [0.15, 0.2) is 11.5 Å². The molecule has 1 fully saturated rings. The van der Waals surface area contributed by atoms with Gasteiger partial charge in [0.05, 0.1) is 19.3 Å². The van der Waals surface area contributed by atoms with E-state index in [-0.39, 0.29) is 24.2 Å². The molecule has 2 N–H and O–H groups in total. The zero-order valence-electron chi connectivity index (χ0n) is 11.9. The lowest BCUT2D eigenvalue weighted by atomic mass is 10.0. The summed E-state index contributed by atoms with van der Waals surface area (Å²) in [4.78, 5) is 24.5. The summed E-state index contributed by atoms with van der Waals surface area (Å²) in [5.74, 6) is -1.27. The number of carboxylic acids is 1. The molecule has 8 nitrogen and oxygen atoms in total. The summed E-state index contributed by atoms with van der Waals surface area (Å²) in [7, 11) is 1.74. The molecule has 2 unspecified atom stereocenters. The maximum atomic E-state index is 11.6. The van der Waals surface area contributed by atoms with Gasteiger partial charge in [-0.1, -0.05) is 0 Å². The van der Waals surface area contributed by atoms with Crippen molar-refractivity contribution in [2.75, 3.05) is 31.7 Å². The Morgan fingerprint density at radius 1 is 1.43 bits per heavy atom. The van der Waals surface area contributed by atoms with Crippen LogP contribution in [-0.2, 0) is 9.53 Å². The number of carboxylic acid groups (broad SMARTS) is 1. The topological polar surface area (TPSA) is 105 Å². The molecule has 114 valence electrons. The number of ether oxygens (including phenoxy) is 1. The van der Waals surface area contributed by atoms with Gasteiger partial charge >= 0.3 is 5.97 Å². The zero-order chi connectivity index (χ0) is 15.4. The predicted octanol–water partition coefficient (Wildman–Crippen LogP) is -0.238. The van der Waals surface area contributed by atoms with Gasteiger partial charge in [0.2, 0.25) is 0 Å². The third-order valence-corrected chi connectivity index (χ3v) is 3.45. The minimum absolute atomic E-state index is 0.189. The molecule has 2 heterocycles. The van der Waals surface area contributed by atoms with Crippen LogP contribution in [0.5, 0.6) is 0 Å². The van der Waals surface area contributed by atoms with E-state index in [0.29, 0.717) is 19.0 Å². The van der Waals surface area contributed by atoms with Crippen molar-refractivity contribution in [1.82, 2.24) is 15.5 Å². The Morgan fingerprint density at radius 2 is 2.19 bits per heavy atom. The number of aliphatic carboxylic acids is 1. The highest BCUT2D eigenvalue weighted by atomic mass is 16.5. The Kier molecular flexibility index (Phi) is 4.69. The van der Waals surface area contributed by atoms with Gasteiger partial charge in [-0.25, -0.2) is 0 Å². The second kappa shape index (κ2) is 6.49. The number of anilines is 1. The van der Waals surface area contributed by atoms with E-state index in [4.69, 9.17) is 9.84 Å². The van der Waals surface area contributed by atoms with Crippen molar-refractivity contribution in [3.63, 3.8) is 0 Å². The highest BCUT2D eigenvalue weighted by molar-refractivity contribution is 5.92. The van der Waals surface area contributed by atoms with E-state index in [9.17, 15) is 9.59 Å². The molecule has 1 amide bonds. The fourth-order valence-corrected chi connectivity index (χ4v) is 2.22. The molecule has 1 saturated heterocycles. The van der Waals surface area contributed by atoms with Gasteiger partial charge in [-0.2, -0.15) is 0 Å². The second-order valence-electron chi connectivity index (χ2n) is 4.80. The average molecular weight is 294 g/mol. The minimum atomic E-state index is -0.892. The maximum absolute atomic E-state index is 11.6. The molecule has 0 aliphatic carbocycles. The third-order valence-electron chi connectivity index (χ3n) is 3.45. The molecule has 0 saturated carbocycles. The van der Waals surface area contributed by atoms with Crippen molar-refractivity contribution in [3.8, 4) is 0 Å². The maximum Gasteiger partial charge on any atom is 0.311 e. The molecule has 2 rings (SSSR count). The van der Waals surface area contributed by atoms with Gasteiger partial charge in [0.1, 0.15) is 5.92 Å². The number of nitrogens with zero attached hydrogens (tertiary/aromatic N) is 3. The van der Waals surface area contributed by atoms with Crippen LogP contribution in [-0.4, -0.2) is 60.0 Å². The largest absolute Gasteiger partial charge is 0.481 e. The zero-order valence-corrected chi connectivity index (χ0v) is 11.9. The lowest BCUT2D eigenvalue weighted by molar-refractivity contribution is -0.141. The first kappa shape index (κ1) is 15.2. The fourth-order valence-electron chi connectivity index (χ4n) is 2.22. The van der Waals surface area contributed by atoms with Crippen LogP contribution >= 0.6 is 0 Å². The van der Waals surface area contributed by atoms with E-state index in [0.717, 1.165) is 0 Å². The summed E-state index contributed by atoms with van der Waals surface area (Å²) < 4.78 is 5.23. The smallest absolute Gasteiger partial charge is 0.311 e. The quantitative estimate of drug-likeness (QED) is 0.772. The van der Waals surface area contributed by atoms with Gasteiger partial charge in [0, 0.05) is 13.6 Å². The summed E-state index contributed by atoms with van der Waals surface area (Å²) in [5.41, 5.74) is 0.228. The molecule has 0 radical (unpaired) electrons. The van der Waals surface area contributed by atoms with Crippen molar-refractivity contribution < 1.29 is 19.4 Å². The number of carbonyl (C=O) groups is 2. The SMILES string of the molecule is CCNC(=O)c1ccc(N(C)C2COCC2C(=O)O)nn1. The number of carbonyl (C=O) groups excluding carboxylic acids is 1. The molecular weight excluding hydrogens is 276 g/mol. The van der Waals surface area contributed by atoms with Crippen LogP contribution in [0.25, 0.3) is 0 Å². The van der Waals surface area contributed by atoms with E-state index >= 15 is 0 Å². The first-order chi connectivity index (χ1) is 10.0. The number of aromatic nitrogens is 2. The van der Waals surface area contributed by atoms with Crippen molar-refractivity contribution in [2.24, 2.45) is 5.92 Å². The van der Waals surface area contributed by atoms with Crippen molar-refractivity contribution in [2.45, 2.75) is 13.0 Å². The first-order valence-corrected chi connectivity index (χ1v) is 6.70. The van der Waals surface area contributed by atoms with Crippen LogP contribution in [0.2, 0.25) is 0 Å². The van der Waals surface area contributed by atoms with E-state index < -0.39 is 11.9 Å². The van der Waals surface area contributed by atoms with Crippen LogP contribution in [0.3, 0.4) is 0 Å². The molecule has 0 bridgehead atoms. The van der Waals surface area contributed by atoms with Gasteiger partial charge in [-0.05, 0) is 19.1 Å². The van der Waals surface area contributed by atoms with E-state index in [1.807, 2.05) is 6.92 Å². The predicted molar refractivity (Wildman–Crippen MR) is 74.2 cm³/mol. The Bertz CT molecular complexity index is 519. The number of hydrogen-bond acceptors (Lipinski definition) is 6. The van der Waals surface area contributed by atoms with Crippen LogP contribution in [0.4, 0.5) is 5.82 Å². The molecule has 1 aromatic heterocycles. The van der Waals surface area contributed by atoms with Crippen molar-refractivity contribution >= 4 is 17.7 Å². The molecule has 1 aliphatic heterocycles. The van der Waals surface area contributed by atoms with Crippen LogP contribution < -0.4 is 10.2 Å². The van der Waals surface area contributed by atoms with Crippen LogP contribution in [0.1, 0.15) is 17.4 Å². The molecule has 1 aliphatic rings. The molecule has 0 aromatic carbocycles. The second-order valence-corrected chi connectivity index (χ2v) is 4.80. The Labute approximate surface area is 122 Å². The lowest BCUT2D eigenvalue weighted by Gasteiger charge is -2.26. The fraction of sp³-hybridized carbons (Fsp3) is 0.538. The third kappa shape index (κ3) is 3.27. The standard InChI is InChI=1S/C13H18N4O4/c1-3-14-12(18)9-4-5-11(16-15-9)17(2)10-7-21-6-8(10)13(19)20/h4-5,8,10H,3,6-7H2,1-2H3,(H,14,18)(H,19,20). The number of amides is 1. The van der Waals surface area contributed by atoms with Gasteiger partial charge < -0.3 is 20.1 Å². The number of rotatable bonds is 5. The van der Waals surface area contributed by atoms with E-state index in [2.05, 4.69) is 15.5 Å². The Balaban J connectivity index is 2.11. The molecule has 21 heavy (non-hydrogen) atoms. The summed E-state index contributed by atoms with van der Waals surface area (Å²) >= 11 is 0. The lowest BCUT2D eigenvalue weighted by Crippen LogP contribution is -2.41. The van der Waals surface area contributed by atoms with Crippen molar-refractivity contribution in [3.05, 3.63) is 17.8 Å². The molecule has 2 atom stereocenters. The molecule has 0 spiro atoms. The van der Waals surface area contributed by atoms with Gasteiger partial charge in [0.25, 0.3) is 5.91 Å². The number of hydrogen-bond donors (Lipinski definition) is 2. The van der Waals surface area contributed by atoms with E-state index in [1.165, 1.54) is 0 Å². The molecule has 1 aromatic rings. The monoisotopic (exact) mass is 294 g/mol. The average Bonchev–Trinajstić information content (AvgIpc) is 2.96. The molecule has 8 heteroatoms. The Morgan fingerprint density at radius 3 is 2.76 bits per heavy atom. The van der Waals surface area contributed by atoms with E-state index in [1.54, 1.807) is 24.1 Å². The normalized spacial score (nSPS) is 21.0. The summed E-state index contributed by atoms with van der Waals surface area (Å²) in [6.07, 6.45) is 0. The van der Waals surface area contributed by atoms with Crippen LogP contribution in [0, 0.1) is 5.92 Å². The first-order valence-electron chi connectivity index (χ1n) is 6.70. The van der Waals surface area contributed by atoms with Gasteiger partial charge in [-0.15, -0.1) is 10.2 Å². The summed E-state index contributed by atoms with van der Waals surface area (Å²) in [5, 5.41) is 19.6. The number of likely N-dealkylation sites (N-methyl/N-ethyl adjacent to an activating group) is 1. The summed E-state index contributed by atoms with van der Waals surface area (Å²) in [6, 6.07) is 2.91. The Hall–Kier alpha value is -2.22. The minimum Gasteiger partial charge on any atom is -0.481 e. The summed E-state index contributed by atoms with van der Waals surface area (Å²) in [6.45, 7) is 2.85.